The fraction of sp³-hybridized carbons (Fsp3) is 0.300. The average molecular weight is 464 g/mol. The molecule has 2 amide bonds. The topological polar surface area (TPSA) is 123 Å². The molecule has 2 atom stereocenters. The fourth-order valence-corrected chi connectivity index (χ4v) is 5.52. The van der Waals surface area contributed by atoms with E-state index in [-0.39, 0.29) is 23.1 Å². The highest BCUT2D eigenvalue weighted by atomic mass is 32.2. The maximum absolute atomic E-state index is 12.7. The largest absolute Gasteiger partial charge is 0.486 e. The minimum atomic E-state index is -3.80. The summed E-state index contributed by atoms with van der Waals surface area (Å²) in [5.74, 6) is 0.406. The van der Waals surface area contributed by atoms with Crippen molar-refractivity contribution in [3.05, 3.63) is 48.5 Å². The van der Waals surface area contributed by atoms with Crippen LogP contribution in [0.15, 0.2) is 53.4 Å². The molecule has 2 aliphatic heterocycles. The zero-order valence-corrected chi connectivity index (χ0v) is 18.0. The monoisotopic (exact) mass is 463 g/mol. The average Bonchev–Trinajstić information content (AvgIpc) is 2.78. The summed E-state index contributed by atoms with van der Waals surface area (Å²) < 4.78 is 36.3. The maximum Gasteiger partial charge on any atom is 0.241 e. The summed E-state index contributed by atoms with van der Waals surface area (Å²) in [5, 5.41) is 7.13. The lowest BCUT2D eigenvalue weighted by Gasteiger charge is -2.29. The molecule has 2 aromatic rings. The number of ether oxygens (including phenoxy) is 2. The second-order valence-corrected chi connectivity index (χ2v) is 10.1. The van der Waals surface area contributed by atoms with E-state index in [1.807, 2.05) is 0 Å². The summed E-state index contributed by atoms with van der Waals surface area (Å²) >= 11 is 1.16. The summed E-state index contributed by atoms with van der Waals surface area (Å²) in [6.45, 7) is 0.905. The second kappa shape index (κ2) is 9.16. The minimum Gasteiger partial charge on any atom is -0.486 e. The zero-order valence-electron chi connectivity index (χ0n) is 16.4. The number of nitrogens with one attached hydrogen (secondary N) is 3. The van der Waals surface area contributed by atoms with Gasteiger partial charge < -0.3 is 20.1 Å². The molecule has 0 aliphatic carbocycles. The Morgan fingerprint density at radius 3 is 2.58 bits per heavy atom. The molecule has 4 rings (SSSR count). The lowest BCUT2D eigenvalue weighted by Crippen LogP contribution is -2.59. The first-order valence-corrected chi connectivity index (χ1v) is 12.2. The van der Waals surface area contributed by atoms with E-state index in [4.69, 9.17) is 9.47 Å². The molecule has 1 saturated heterocycles. The molecular weight excluding hydrogens is 442 g/mol. The van der Waals surface area contributed by atoms with Crippen LogP contribution in [0.3, 0.4) is 0 Å². The molecule has 164 valence electrons. The number of carbonyl (C=O) groups excluding carboxylic acids is 2. The number of thioether (sulfide) groups is 1. The van der Waals surface area contributed by atoms with Crippen LogP contribution >= 0.6 is 11.8 Å². The quantitative estimate of drug-likeness (QED) is 0.579. The van der Waals surface area contributed by atoms with Gasteiger partial charge in [-0.2, -0.15) is 0 Å². The van der Waals surface area contributed by atoms with Crippen molar-refractivity contribution >= 4 is 39.1 Å². The molecule has 31 heavy (non-hydrogen) atoms. The van der Waals surface area contributed by atoms with Crippen LogP contribution < -0.4 is 25.4 Å². The third kappa shape index (κ3) is 4.94. The van der Waals surface area contributed by atoms with Crippen molar-refractivity contribution in [3.63, 3.8) is 0 Å². The molecule has 2 aliphatic rings. The van der Waals surface area contributed by atoms with E-state index in [0.717, 1.165) is 11.8 Å². The Bertz CT molecular complexity index is 1080. The van der Waals surface area contributed by atoms with Gasteiger partial charge in [0.15, 0.2) is 26.6 Å². The molecule has 9 nitrogen and oxygen atoms in total. The molecule has 2 heterocycles. The highest BCUT2D eigenvalue weighted by Gasteiger charge is 2.38. The number of fused-ring (bicyclic) bond motifs is 1. The fourth-order valence-electron chi connectivity index (χ4n) is 3.18. The summed E-state index contributed by atoms with van der Waals surface area (Å²) in [4.78, 5) is 24.8. The minimum absolute atomic E-state index is 0.0372. The van der Waals surface area contributed by atoms with Gasteiger partial charge in [0.2, 0.25) is 11.8 Å². The lowest BCUT2D eigenvalue weighted by atomic mass is 10.2. The van der Waals surface area contributed by atoms with Crippen molar-refractivity contribution in [2.75, 3.05) is 30.8 Å². The third-order valence-electron chi connectivity index (χ3n) is 4.71. The van der Waals surface area contributed by atoms with Crippen molar-refractivity contribution in [2.24, 2.45) is 0 Å². The Hall–Kier alpha value is -2.76. The second-order valence-electron chi connectivity index (χ2n) is 6.86. The molecule has 3 N–H and O–H groups in total. The molecule has 0 radical (unpaired) electrons. The molecule has 11 heteroatoms. The standard InChI is InChI=1S/C20H21N3O6S2/c24-18(22-13-6-7-15-16(10-13)29-9-8-28-15)12-30-20-21-11-17(19(25)23-20)31(26,27)14-4-2-1-3-5-14/h1-7,10,17,20-21H,8-9,11-12H2,(H,22,24)(H,23,25). The number of anilines is 1. The molecule has 1 fully saturated rings. The summed E-state index contributed by atoms with van der Waals surface area (Å²) in [6.07, 6.45) is 0. The van der Waals surface area contributed by atoms with Gasteiger partial charge in [0.05, 0.1) is 10.6 Å². The van der Waals surface area contributed by atoms with Gasteiger partial charge >= 0.3 is 0 Å². The number of sulfone groups is 1. The number of carbonyl (C=O) groups is 2. The van der Waals surface area contributed by atoms with Gasteiger partial charge in [-0.15, -0.1) is 11.8 Å². The molecule has 2 aromatic carbocycles. The molecular formula is C20H21N3O6S2. The van der Waals surface area contributed by atoms with Gasteiger partial charge in [-0.25, -0.2) is 8.42 Å². The number of hydrogen-bond donors (Lipinski definition) is 3. The number of benzene rings is 2. The van der Waals surface area contributed by atoms with Crippen molar-refractivity contribution in [1.82, 2.24) is 10.6 Å². The summed E-state index contributed by atoms with van der Waals surface area (Å²) in [7, 11) is -3.80. The van der Waals surface area contributed by atoms with Gasteiger partial charge in [-0.3, -0.25) is 14.9 Å². The Morgan fingerprint density at radius 2 is 1.84 bits per heavy atom. The van der Waals surface area contributed by atoms with Crippen molar-refractivity contribution in [2.45, 2.75) is 15.6 Å². The van der Waals surface area contributed by atoms with Crippen LogP contribution in [0.25, 0.3) is 0 Å². The zero-order chi connectivity index (χ0) is 21.8. The normalized spacial score (nSPS) is 20.6. The van der Waals surface area contributed by atoms with Crippen LogP contribution in [0.5, 0.6) is 11.5 Å². The summed E-state index contributed by atoms with van der Waals surface area (Å²) in [6, 6.07) is 13.0. The summed E-state index contributed by atoms with van der Waals surface area (Å²) in [5.41, 5.74) is 0.00486. The van der Waals surface area contributed by atoms with Crippen LogP contribution in [0.2, 0.25) is 0 Å². The number of hydrogen-bond acceptors (Lipinski definition) is 8. The lowest BCUT2D eigenvalue weighted by molar-refractivity contribution is -0.122. The highest BCUT2D eigenvalue weighted by molar-refractivity contribution is 8.00. The Labute approximate surface area is 183 Å². The SMILES string of the molecule is O=C(CSC1NCC(S(=O)(=O)c2ccccc2)C(=O)N1)Nc1ccc2c(c1)OCCO2. The van der Waals surface area contributed by atoms with Gasteiger partial charge in [-0.1, -0.05) is 18.2 Å². The van der Waals surface area contributed by atoms with Crippen LogP contribution in [0.4, 0.5) is 5.69 Å². The van der Waals surface area contributed by atoms with Gasteiger partial charge in [-0.05, 0) is 24.3 Å². The van der Waals surface area contributed by atoms with E-state index in [9.17, 15) is 18.0 Å². The first-order chi connectivity index (χ1) is 14.9. The van der Waals surface area contributed by atoms with E-state index in [0.29, 0.717) is 30.4 Å². The first kappa shape index (κ1) is 21.5. The maximum atomic E-state index is 12.7. The smallest absolute Gasteiger partial charge is 0.241 e. The predicted molar refractivity (Wildman–Crippen MR) is 116 cm³/mol. The van der Waals surface area contributed by atoms with Crippen molar-refractivity contribution in [1.29, 1.82) is 0 Å². The molecule has 0 aromatic heterocycles. The van der Waals surface area contributed by atoms with Gasteiger partial charge in [0.25, 0.3) is 0 Å². The highest BCUT2D eigenvalue weighted by Crippen LogP contribution is 2.32. The molecule has 0 spiro atoms. The Balaban J connectivity index is 1.29. The third-order valence-corrected chi connectivity index (χ3v) is 7.81. The number of rotatable bonds is 6. The van der Waals surface area contributed by atoms with Crippen molar-refractivity contribution < 1.29 is 27.5 Å². The van der Waals surface area contributed by atoms with Crippen LogP contribution in [0.1, 0.15) is 0 Å². The van der Waals surface area contributed by atoms with E-state index >= 15 is 0 Å². The van der Waals surface area contributed by atoms with E-state index < -0.39 is 26.5 Å². The number of amides is 2. The van der Waals surface area contributed by atoms with Gasteiger partial charge in [0, 0.05) is 18.3 Å². The van der Waals surface area contributed by atoms with Crippen molar-refractivity contribution in [3.8, 4) is 11.5 Å². The molecule has 0 saturated carbocycles. The van der Waals surface area contributed by atoms with Crippen LogP contribution in [-0.4, -0.2) is 56.5 Å². The molecule has 0 bridgehead atoms. The van der Waals surface area contributed by atoms with Crippen LogP contribution in [-0.2, 0) is 19.4 Å². The van der Waals surface area contributed by atoms with E-state index in [2.05, 4.69) is 16.0 Å². The van der Waals surface area contributed by atoms with E-state index in [1.165, 1.54) is 12.1 Å². The molecule has 2 unspecified atom stereocenters. The Kier molecular flexibility index (Phi) is 6.35. The van der Waals surface area contributed by atoms with E-state index in [1.54, 1.807) is 36.4 Å². The van der Waals surface area contributed by atoms with Crippen LogP contribution in [0, 0.1) is 0 Å². The first-order valence-electron chi connectivity index (χ1n) is 9.57. The van der Waals surface area contributed by atoms with Gasteiger partial charge in [0.1, 0.15) is 18.7 Å². The Morgan fingerprint density at radius 1 is 1.10 bits per heavy atom. The predicted octanol–water partition coefficient (Wildman–Crippen LogP) is 0.975.